The van der Waals surface area contributed by atoms with Crippen molar-refractivity contribution in [2.45, 2.75) is 26.1 Å². The predicted octanol–water partition coefficient (Wildman–Crippen LogP) is 0.0118. The van der Waals surface area contributed by atoms with Gasteiger partial charge in [-0.3, -0.25) is 0 Å². The number of hydrogen-bond acceptors (Lipinski definition) is 4. The highest BCUT2D eigenvalue weighted by Gasteiger charge is 2.10. The van der Waals surface area contributed by atoms with E-state index in [1.807, 2.05) is 0 Å². The van der Waals surface area contributed by atoms with Gasteiger partial charge in [-0.1, -0.05) is 0 Å². The first kappa shape index (κ1) is 9.84. The number of ether oxygens (including phenoxy) is 1. The highest BCUT2D eigenvalue weighted by atomic mass is 16.6. The van der Waals surface area contributed by atoms with Crippen LogP contribution in [0.15, 0.2) is 0 Å². The van der Waals surface area contributed by atoms with Crippen molar-refractivity contribution in [3.63, 3.8) is 0 Å². The second kappa shape index (κ2) is 4.62. The molecule has 0 aromatic heterocycles. The van der Waals surface area contributed by atoms with E-state index in [9.17, 15) is 0 Å². The lowest BCUT2D eigenvalue weighted by atomic mass is 10.4. The maximum Gasteiger partial charge on any atom is 0.159 e. The quantitative estimate of drug-likeness (QED) is 0.328. The molecule has 0 saturated carbocycles. The van der Waals surface area contributed by atoms with Crippen LogP contribution in [0.25, 0.3) is 0 Å². The van der Waals surface area contributed by atoms with Gasteiger partial charge in [-0.25, -0.2) is 5.90 Å². The number of nitrogens with two attached hydrogens (primary N) is 1. The maximum absolute atomic E-state index is 9.02. The van der Waals surface area contributed by atoms with E-state index in [1.165, 1.54) is 0 Å². The first-order chi connectivity index (χ1) is 4.56. The zero-order chi connectivity index (χ0) is 8.04. The SMILES string of the molecule is CC(C)(O)OCCCON. The van der Waals surface area contributed by atoms with Crippen molar-refractivity contribution in [2.24, 2.45) is 5.90 Å². The summed E-state index contributed by atoms with van der Waals surface area (Å²) in [6.45, 7) is 4.07. The normalized spacial score (nSPS) is 12.0. The fraction of sp³-hybridized carbons (Fsp3) is 1.00. The molecule has 3 N–H and O–H groups in total. The molecule has 62 valence electrons. The van der Waals surface area contributed by atoms with E-state index < -0.39 is 5.79 Å². The van der Waals surface area contributed by atoms with Gasteiger partial charge in [0.05, 0.1) is 13.2 Å². The third-order valence-electron chi connectivity index (χ3n) is 0.862. The highest BCUT2D eigenvalue weighted by molar-refractivity contribution is 4.47. The summed E-state index contributed by atoms with van der Waals surface area (Å²) in [7, 11) is 0. The zero-order valence-electron chi connectivity index (χ0n) is 6.46. The van der Waals surface area contributed by atoms with Gasteiger partial charge in [-0.05, 0) is 20.3 Å². The molecule has 0 aliphatic carbocycles. The molecule has 0 saturated heterocycles. The minimum Gasteiger partial charge on any atom is -0.366 e. The molecular formula is C6H15NO3. The molecule has 0 aliphatic heterocycles. The topological polar surface area (TPSA) is 64.7 Å². The molecule has 0 aliphatic rings. The minimum absolute atomic E-state index is 0.454. The van der Waals surface area contributed by atoms with Gasteiger partial charge >= 0.3 is 0 Å². The van der Waals surface area contributed by atoms with Gasteiger partial charge < -0.3 is 14.7 Å². The molecule has 0 aromatic rings. The molecule has 0 bridgehead atoms. The van der Waals surface area contributed by atoms with Crippen LogP contribution in [0.2, 0.25) is 0 Å². The van der Waals surface area contributed by atoms with Crippen LogP contribution in [-0.2, 0) is 9.57 Å². The lowest BCUT2D eigenvalue weighted by molar-refractivity contribution is -0.177. The molecule has 0 fully saturated rings. The van der Waals surface area contributed by atoms with Crippen LogP contribution in [0.1, 0.15) is 20.3 Å². The Morgan fingerprint density at radius 3 is 2.40 bits per heavy atom. The lowest BCUT2D eigenvalue weighted by Crippen LogP contribution is -2.24. The number of hydrogen-bond donors (Lipinski definition) is 2. The maximum atomic E-state index is 9.02. The van der Waals surface area contributed by atoms with Crippen LogP contribution in [0.5, 0.6) is 0 Å². The Kier molecular flexibility index (Phi) is 4.55. The van der Waals surface area contributed by atoms with Crippen molar-refractivity contribution < 1.29 is 14.7 Å². The third-order valence-corrected chi connectivity index (χ3v) is 0.862. The molecule has 0 heterocycles. The molecule has 4 heteroatoms. The van der Waals surface area contributed by atoms with Gasteiger partial charge in [0, 0.05) is 0 Å². The summed E-state index contributed by atoms with van der Waals surface area (Å²) in [5, 5.41) is 9.02. The Balaban J connectivity index is 3.04. The van der Waals surface area contributed by atoms with Gasteiger partial charge in [0.25, 0.3) is 0 Å². The van der Waals surface area contributed by atoms with Crippen LogP contribution in [-0.4, -0.2) is 24.1 Å². The zero-order valence-corrected chi connectivity index (χ0v) is 6.46. The molecule has 0 amide bonds. The van der Waals surface area contributed by atoms with E-state index in [0.29, 0.717) is 19.6 Å². The van der Waals surface area contributed by atoms with Crippen molar-refractivity contribution >= 4 is 0 Å². The molecule has 0 unspecified atom stereocenters. The smallest absolute Gasteiger partial charge is 0.159 e. The lowest BCUT2D eigenvalue weighted by Gasteiger charge is -2.17. The van der Waals surface area contributed by atoms with Crippen LogP contribution < -0.4 is 5.90 Å². The molecular weight excluding hydrogens is 134 g/mol. The Morgan fingerprint density at radius 1 is 1.40 bits per heavy atom. The Labute approximate surface area is 60.9 Å². The second-order valence-electron chi connectivity index (χ2n) is 2.52. The minimum atomic E-state index is -1.05. The molecule has 0 spiro atoms. The van der Waals surface area contributed by atoms with Crippen molar-refractivity contribution in [3.8, 4) is 0 Å². The number of aliphatic hydroxyl groups is 1. The second-order valence-corrected chi connectivity index (χ2v) is 2.52. The van der Waals surface area contributed by atoms with E-state index in [4.69, 9.17) is 15.7 Å². The molecule has 0 aromatic carbocycles. The van der Waals surface area contributed by atoms with E-state index in [0.717, 1.165) is 0 Å². The summed E-state index contributed by atoms with van der Waals surface area (Å²) in [6, 6.07) is 0. The summed E-state index contributed by atoms with van der Waals surface area (Å²) < 4.78 is 4.95. The Bertz CT molecular complexity index is 79.6. The summed E-state index contributed by atoms with van der Waals surface area (Å²) in [4.78, 5) is 4.29. The van der Waals surface area contributed by atoms with Crippen molar-refractivity contribution in [3.05, 3.63) is 0 Å². The fourth-order valence-electron chi connectivity index (χ4n) is 0.464. The molecule has 0 radical (unpaired) electrons. The summed E-state index contributed by atoms with van der Waals surface area (Å²) in [5.41, 5.74) is 0. The van der Waals surface area contributed by atoms with Crippen LogP contribution >= 0.6 is 0 Å². The largest absolute Gasteiger partial charge is 0.366 e. The van der Waals surface area contributed by atoms with Crippen molar-refractivity contribution in [1.29, 1.82) is 0 Å². The highest BCUT2D eigenvalue weighted by Crippen LogP contribution is 2.02. The van der Waals surface area contributed by atoms with Gasteiger partial charge in [0.1, 0.15) is 0 Å². The van der Waals surface area contributed by atoms with Crippen LogP contribution in [0, 0.1) is 0 Å². The average molecular weight is 149 g/mol. The van der Waals surface area contributed by atoms with Gasteiger partial charge in [-0.15, -0.1) is 0 Å². The molecule has 10 heavy (non-hydrogen) atoms. The number of rotatable bonds is 5. The summed E-state index contributed by atoms with van der Waals surface area (Å²) in [5.74, 6) is 3.71. The van der Waals surface area contributed by atoms with Crippen LogP contribution in [0.4, 0.5) is 0 Å². The van der Waals surface area contributed by atoms with Gasteiger partial charge in [-0.2, -0.15) is 0 Å². The summed E-state index contributed by atoms with van der Waals surface area (Å²) >= 11 is 0. The van der Waals surface area contributed by atoms with Crippen LogP contribution in [0.3, 0.4) is 0 Å². The monoisotopic (exact) mass is 149 g/mol. The molecule has 4 nitrogen and oxygen atoms in total. The van der Waals surface area contributed by atoms with Crippen molar-refractivity contribution in [1.82, 2.24) is 0 Å². The Hall–Kier alpha value is -0.160. The van der Waals surface area contributed by atoms with Gasteiger partial charge in [0.2, 0.25) is 0 Å². The summed E-state index contributed by atoms with van der Waals surface area (Å²) in [6.07, 6.45) is 0.695. The van der Waals surface area contributed by atoms with E-state index in [1.54, 1.807) is 13.8 Å². The average Bonchev–Trinajstić information content (AvgIpc) is 1.78. The molecule has 0 rings (SSSR count). The first-order valence-electron chi connectivity index (χ1n) is 3.24. The third kappa shape index (κ3) is 7.84. The Morgan fingerprint density at radius 2 is 2.00 bits per heavy atom. The van der Waals surface area contributed by atoms with E-state index in [-0.39, 0.29) is 0 Å². The van der Waals surface area contributed by atoms with Crippen molar-refractivity contribution in [2.75, 3.05) is 13.2 Å². The predicted molar refractivity (Wildman–Crippen MR) is 37.0 cm³/mol. The van der Waals surface area contributed by atoms with E-state index in [2.05, 4.69) is 4.84 Å². The van der Waals surface area contributed by atoms with E-state index >= 15 is 0 Å². The first-order valence-corrected chi connectivity index (χ1v) is 3.24. The fourth-order valence-corrected chi connectivity index (χ4v) is 0.464. The molecule has 0 atom stereocenters. The van der Waals surface area contributed by atoms with Gasteiger partial charge in [0.15, 0.2) is 5.79 Å². The standard InChI is InChI=1S/C6H15NO3/c1-6(2,8)9-4-3-5-10-7/h8H,3-5,7H2,1-2H3.